The first-order valence-electron chi connectivity index (χ1n) is 10.8. The number of aryl methyl sites for hydroxylation is 4. The van der Waals surface area contributed by atoms with Gasteiger partial charge in [0.05, 0.1) is 10.9 Å². The SMILES string of the molecule is CCC(CC)n1cc(C)c2c(Oc3c(C)cc(C(C)(C)C)cc3C)nc(C)cc21. The van der Waals surface area contributed by atoms with E-state index in [9.17, 15) is 0 Å². The van der Waals surface area contributed by atoms with Gasteiger partial charge in [0.2, 0.25) is 5.88 Å². The van der Waals surface area contributed by atoms with Crippen LogP contribution in [0.3, 0.4) is 0 Å². The third-order valence-electron chi connectivity index (χ3n) is 5.96. The molecule has 0 spiro atoms. The first-order valence-corrected chi connectivity index (χ1v) is 10.8. The summed E-state index contributed by atoms with van der Waals surface area (Å²) in [6, 6.07) is 7.18. The fraction of sp³-hybridized carbons (Fsp3) is 0.500. The standard InChI is InChI=1S/C26H36N2O/c1-10-21(11-2)28-15-18(5)23-22(28)14-19(6)27-25(23)29-24-16(3)12-20(13-17(24)4)26(7,8)9/h12-15,21H,10-11H2,1-9H3. The quantitative estimate of drug-likeness (QED) is 0.444. The first kappa shape index (κ1) is 21.4. The summed E-state index contributed by atoms with van der Waals surface area (Å²) in [5, 5.41) is 1.13. The molecule has 1 aromatic carbocycles. The lowest BCUT2D eigenvalue weighted by atomic mass is 9.85. The second kappa shape index (κ2) is 7.85. The summed E-state index contributed by atoms with van der Waals surface area (Å²) >= 11 is 0. The highest BCUT2D eigenvalue weighted by Gasteiger charge is 2.21. The van der Waals surface area contributed by atoms with E-state index >= 15 is 0 Å². The second-order valence-corrected chi connectivity index (χ2v) is 9.44. The molecule has 2 heterocycles. The molecule has 2 aromatic heterocycles. The number of rotatable bonds is 5. The van der Waals surface area contributed by atoms with Crippen molar-refractivity contribution in [3.63, 3.8) is 0 Å². The molecule has 0 N–H and O–H groups in total. The molecule has 0 saturated heterocycles. The minimum absolute atomic E-state index is 0.117. The number of fused-ring (bicyclic) bond motifs is 1. The summed E-state index contributed by atoms with van der Waals surface area (Å²) < 4.78 is 8.93. The zero-order valence-corrected chi connectivity index (χ0v) is 19.6. The predicted octanol–water partition coefficient (Wildman–Crippen LogP) is 7.72. The van der Waals surface area contributed by atoms with E-state index in [1.807, 2.05) is 6.92 Å². The van der Waals surface area contributed by atoms with Gasteiger partial charge >= 0.3 is 0 Å². The number of ether oxygens (including phenoxy) is 1. The van der Waals surface area contributed by atoms with Crippen LogP contribution in [0, 0.1) is 27.7 Å². The van der Waals surface area contributed by atoms with Gasteiger partial charge in [-0.05, 0) is 74.3 Å². The first-order chi connectivity index (χ1) is 13.6. The van der Waals surface area contributed by atoms with Crippen LogP contribution in [0.1, 0.15) is 81.4 Å². The van der Waals surface area contributed by atoms with E-state index in [0.29, 0.717) is 6.04 Å². The third-order valence-corrected chi connectivity index (χ3v) is 5.96. The van der Waals surface area contributed by atoms with Gasteiger partial charge in [-0.15, -0.1) is 0 Å². The molecule has 29 heavy (non-hydrogen) atoms. The van der Waals surface area contributed by atoms with E-state index in [1.54, 1.807) is 0 Å². The summed E-state index contributed by atoms with van der Waals surface area (Å²) in [6.07, 6.45) is 4.49. The average molecular weight is 393 g/mol. The van der Waals surface area contributed by atoms with Gasteiger partial charge in [0, 0.05) is 17.9 Å². The summed E-state index contributed by atoms with van der Waals surface area (Å²) in [5.41, 5.74) is 7.19. The fourth-order valence-corrected chi connectivity index (χ4v) is 4.24. The van der Waals surface area contributed by atoms with Crippen molar-refractivity contribution in [1.29, 1.82) is 0 Å². The highest BCUT2D eigenvalue weighted by atomic mass is 16.5. The molecule has 0 atom stereocenters. The molecule has 0 fully saturated rings. The minimum Gasteiger partial charge on any atom is -0.438 e. The van der Waals surface area contributed by atoms with Crippen molar-refractivity contribution in [3.05, 3.63) is 52.3 Å². The normalized spacial score (nSPS) is 12.2. The predicted molar refractivity (Wildman–Crippen MR) is 124 cm³/mol. The van der Waals surface area contributed by atoms with Gasteiger partial charge in [0.15, 0.2) is 0 Å². The molecule has 3 aromatic rings. The lowest BCUT2D eigenvalue weighted by Gasteiger charge is -2.22. The lowest BCUT2D eigenvalue weighted by Crippen LogP contribution is -2.12. The summed E-state index contributed by atoms with van der Waals surface area (Å²) in [7, 11) is 0. The van der Waals surface area contributed by atoms with Gasteiger partial charge in [0.25, 0.3) is 0 Å². The van der Waals surface area contributed by atoms with Crippen LogP contribution in [0.4, 0.5) is 0 Å². The van der Waals surface area contributed by atoms with Crippen molar-refractivity contribution in [2.24, 2.45) is 0 Å². The van der Waals surface area contributed by atoms with Crippen LogP contribution in [0.25, 0.3) is 10.9 Å². The Morgan fingerprint density at radius 3 is 2.03 bits per heavy atom. The monoisotopic (exact) mass is 392 g/mol. The Kier molecular flexibility index (Phi) is 5.80. The molecule has 0 radical (unpaired) electrons. The van der Waals surface area contributed by atoms with E-state index < -0.39 is 0 Å². The highest BCUT2D eigenvalue weighted by molar-refractivity contribution is 5.89. The number of benzene rings is 1. The molecular weight excluding hydrogens is 356 g/mol. The maximum absolute atomic E-state index is 6.52. The van der Waals surface area contributed by atoms with Crippen molar-refractivity contribution in [3.8, 4) is 11.6 Å². The molecule has 0 unspecified atom stereocenters. The van der Waals surface area contributed by atoms with Crippen LogP contribution in [0.2, 0.25) is 0 Å². The van der Waals surface area contributed by atoms with Crippen LogP contribution in [0.5, 0.6) is 11.6 Å². The molecule has 3 nitrogen and oxygen atoms in total. The van der Waals surface area contributed by atoms with E-state index in [0.717, 1.165) is 46.7 Å². The van der Waals surface area contributed by atoms with Gasteiger partial charge in [0.1, 0.15) is 5.75 Å². The summed E-state index contributed by atoms with van der Waals surface area (Å²) in [6.45, 7) is 19.7. The van der Waals surface area contributed by atoms with Crippen LogP contribution in [-0.2, 0) is 5.41 Å². The van der Waals surface area contributed by atoms with Crippen molar-refractivity contribution < 1.29 is 4.74 Å². The molecular formula is C26H36N2O. The molecule has 0 aliphatic heterocycles. The van der Waals surface area contributed by atoms with E-state index in [1.165, 1.54) is 16.6 Å². The zero-order chi connectivity index (χ0) is 21.5. The highest BCUT2D eigenvalue weighted by Crippen LogP contribution is 2.38. The molecule has 0 aliphatic carbocycles. The molecule has 0 saturated carbocycles. The Morgan fingerprint density at radius 2 is 1.52 bits per heavy atom. The number of hydrogen-bond acceptors (Lipinski definition) is 2. The van der Waals surface area contributed by atoms with Gasteiger partial charge in [-0.25, -0.2) is 4.98 Å². The van der Waals surface area contributed by atoms with Gasteiger partial charge in [-0.1, -0.05) is 46.8 Å². The lowest BCUT2D eigenvalue weighted by molar-refractivity contribution is 0.458. The Balaban J connectivity index is 2.15. The molecule has 0 amide bonds. The Bertz CT molecular complexity index is 1010. The topological polar surface area (TPSA) is 27.1 Å². The van der Waals surface area contributed by atoms with Crippen molar-refractivity contribution >= 4 is 10.9 Å². The average Bonchev–Trinajstić information content (AvgIpc) is 2.94. The van der Waals surface area contributed by atoms with Gasteiger partial charge in [-0.2, -0.15) is 0 Å². The fourth-order valence-electron chi connectivity index (χ4n) is 4.24. The van der Waals surface area contributed by atoms with Crippen molar-refractivity contribution in [1.82, 2.24) is 9.55 Å². The molecule has 0 bridgehead atoms. The molecule has 3 rings (SSSR count). The molecule has 0 aliphatic rings. The molecule has 3 heteroatoms. The second-order valence-electron chi connectivity index (χ2n) is 9.44. The largest absolute Gasteiger partial charge is 0.438 e. The van der Waals surface area contributed by atoms with Crippen LogP contribution in [0.15, 0.2) is 24.4 Å². The Hall–Kier alpha value is -2.29. The Labute approximate surface area is 176 Å². The number of nitrogens with zero attached hydrogens (tertiary/aromatic N) is 2. The summed E-state index contributed by atoms with van der Waals surface area (Å²) in [4.78, 5) is 4.80. The van der Waals surface area contributed by atoms with Gasteiger partial charge in [-0.3, -0.25) is 0 Å². The van der Waals surface area contributed by atoms with Crippen LogP contribution < -0.4 is 4.74 Å². The van der Waals surface area contributed by atoms with E-state index in [4.69, 9.17) is 9.72 Å². The smallest absolute Gasteiger partial charge is 0.229 e. The number of pyridine rings is 1. The number of aromatic nitrogens is 2. The van der Waals surface area contributed by atoms with Crippen molar-refractivity contribution in [2.45, 2.75) is 86.6 Å². The Morgan fingerprint density at radius 1 is 0.931 bits per heavy atom. The zero-order valence-electron chi connectivity index (χ0n) is 19.6. The van der Waals surface area contributed by atoms with E-state index in [2.05, 4.69) is 84.4 Å². The van der Waals surface area contributed by atoms with E-state index in [-0.39, 0.29) is 5.41 Å². The maximum atomic E-state index is 6.52. The number of hydrogen-bond donors (Lipinski definition) is 0. The third kappa shape index (κ3) is 4.05. The summed E-state index contributed by atoms with van der Waals surface area (Å²) in [5.74, 6) is 1.64. The van der Waals surface area contributed by atoms with Crippen LogP contribution >= 0.6 is 0 Å². The molecule has 156 valence electrons. The van der Waals surface area contributed by atoms with Gasteiger partial charge < -0.3 is 9.30 Å². The van der Waals surface area contributed by atoms with Crippen molar-refractivity contribution in [2.75, 3.05) is 0 Å². The maximum Gasteiger partial charge on any atom is 0.229 e. The van der Waals surface area contributed by atoms with Crippen LogP contribution in [-0.4, -0.2) is 9.55 Å². The minimum atomic E-state index is 0.117.